The monoisotopic (exact) mass is 191 g/mol. The molecule has 0 aromatic heterocycles. The van der Waals surface area contributed by atoms with Gasteiger partial charge in [-0.25, -0.2) is 0 Å². The van der Waals surface area contributed by atoms with Crippen molar-refractivity contribution in [3.05, 3.63) is 0 Å². The van der Waals surface area contributed by atoms with Crippen molar-refractivity contribution in [3.63, 3.8) is 0 Å². The summed E-state index contributed by atoms with van der Waals surface area (Å²) in [5.41, 5.74) is 0. The molecule has 0 spiro atoms. The third-order valence-corrected chi connectivity index (χ3v) is 1.90. The SMILES string of the molecule is CCCCN[C@@H](CCS)C(=O)O. The molecule has 0 fully saturated rings. The maximum Gasteiger partial charge on any atom is 0.320 e. The molecule has 4 heteroatoms. The zero-order valence-electron chi connectivity index (χ0n) is 7.42. The second kappa shape index (κ2) is 7.43. The van der Waals surface area contributed by atoms with E-state index in [1.54, 1.807) is 0 Å². The first-order valence-corrected chi connectivity index (χ1v) is 4.92. The van der Waals surface area contributed by atoms with Crippen LogP contribution in [0.15, 0.2) is 0 Å². The number of hydrogen-bond donors (Lipinski definition) is 3. The largest absolute Gasteiger partial charge is 0.480 e. The molecule has 0 aromatic carbocycles. The van der Waals surface area contributed by atoms with Crippen molar-refractivity contribution in [1.82, 2.24) is 5.32 Å². The standard InChI is InChI=1S/C8H17NO2S/c1-2-3-5-9-7(4-6-12)8(10)11/h7,9,12H,2-6H2,1H3,(H,10,11)/t7-/m0/s1. The Hall–Kier alpha value is -0.220. The zero-order chi connectivity index (χ0) is 9.40. The third-order valence-electron chi connectivity index (χ3n) is 1.64. The number of unbranched alkanes of at least 4 members (excludes halogenated alkanes) is 1. The van der Waals surface area contributed by atoms with Gasteiger partial charge in [-0.15, -0.1) is 0 Å². The Morgan fingerprint density at radius 3 is 2.75 bits per heavy atom. The maximum atomic E-state index is 10.6. The van der Waals surface area contributed by atoms with Gasteiger partial charge < -0.3 is 10.4 Å². The molecule has 0 heterocycles. The molecule has 72 valence electrons. The summed E-state index contributed by atoms with van der Waals surface area (Å²) in [6.45, 7) is 2.86. The first kappa shape index (κ1) is 11.8. The van der Waals surface area contributed by atoms with Gasteiger partial charge in [0.15, 0.2) is 0 Å². The van der Waals surface area contributed by atoms with Crippen LogP contribution in [0.25, 0.3) is 0 Å². The number of hydrogen-bond acceptors (Lipinski definition) is 3. The summed E-state index contributed by atoms with van der Waals surface area (Å²) in [5, 5.41) is 11.7. The fourth-order valence-electron chi connectivity index (χ4n) is 0.895. The Bertz CT molecular complexity index is 130. The lowest BCUT2D eigenvalue weighted by molar-refractivity contribution is -0.139. The van der Waals surface area contributed by atoms with Crippen molar-refractivity contribution < 1.29 is 9.90 Å². The number of rotatable bonds is 7. The molecular weight excluding hydrogens is 174 g/mol. The van der Waals surface area contributed by atoms with Crippen LogP contribution in [0, 0.1) is 0 Å². The van der Waals surface area contributed by atoms with Crippen molar-refractivity contribution in [2.45, 2.75) is 32.2 Å². The number of carboxylic acid groups (broad SMARTS) is 1. The number of carboxylic acids is 1. The van der Waals surface area contributed by atoms with Gasteiger partial charge >= 0.3 is 5.97 Å². The number of thiol groups is 1. The van der Waals surface area contributed by atoms with Crippen LogP contribution < -0.4 is 5.32 Å². The van der Waals surface area contributed by atoms with E-state index in [0.717, 1.165) is 19.4 Å². The summed E-state index contributed by atoms with van der Waals surface area (Å²) < 4.78 is 0. The molecule has 12 heavy (non-hydrogen) atoms. The van der Waals surface area contributed by atoms with Crippen molar-refractivity contribution in [3.8, 4) is 0 Å². The minimum absolute atomic E-state index is 0.422. The Balaban J connectivity index is 3.56. The van der Waals surface area contributed by atoms with Crippen LogP contribution in [-0.4, -0.2) is 29.4 Å². The van der Waals surface area contributed by atoms with Crippen LogP contribution in [0.5, 0.6) is 0 Å². The van der Waals surface area contributed by atoms with Gasteiger partial charge in [-0.05, 0) is 25.1 Å². The molecule has 3 nitrogen and oxygen atoms in total. The predicted octanol–water partition coefficient (Wildman–Crippen LogP) is 1.15. The van der Waals surface area contributed by atoms with Crippen LogP contribution in [0.2, 0.25) is 0 Å². The van der Waals surface area contributed by atoms with Gasteiger partial charge in [0.25, 0.3) is 0 Å². The van der Waals surface area contributed by atoms with E-state index >= 15 is 0 Å². The second-order valence-electron chi connectivity index (χ2n) is 2.71. The van der Waals surface area contributed by atoms with Gasteiger partial charge in [0, 0.05) is 0 Å². The zero-order valence-corrected chi connectivity index (χ0v) is 8.31. The third kappa shape index (κ3) is 5.43. The molecule has 2 N–H and O–H groups in total. The average molecular weight is 191 g/mol. The van der Waals surface area contributed by atoms with Gasteiger partial charge in [-0.2, -0.15) is 12.6 Å². The summed E-state index contributed by atoms with van der Waals surface area (Å²) in [6, 6.07) is -0.422. The van der Waals surface area contributed by atoms with Gasteiger partial charge in [0.05, 0.1) is 0 Å². The minimum Gasteiger partial charge on any atom is -0.480 e. The van der Waals surface area contributed by atoms with E-state index in [1.807, 2.05) is 0 Å². The Labute approximate surface area is 79.0 Å². The molecule has 0 amide bonds. The Morgan fingerprint density at radius 2 is 2.33 bits per heavy atom. The van der Waals surface area contributed by atoms with Crippen LogP contribution >= 0.6 is 12.6 Å². The molecule has 0 bridgehead atoms. The van der Waals surface area contributed by atoms with E-state index in [2.05, 4.69) is 24.9 Å². The molecule has 0 saturated heterocycles. The van der Waals surface area contributed by atoms with Crippen LogP contribution in [-0.2, 0) is 4.79 Å². The highest BCUT2D eigenvalue weighted by atomic mass is 32.1. The van der Waals surface area contributed by atoms with E-state index < -0.39 is 12.0 Å². The maximum absolute atomic E-state index is 10.6. The van der Waals surface area contributed by atoms with E-state index in [0.29, 0.717) is 12.2 Å². The topological polar surface area (TPSA) is 49.3 Å². The molecule has 1 atom stereocenters. The number of carbonyl (C=O) groups is 1. The lowest BCUT2D eigenvalue weighted by Gasteiger charge is -2.12. The molecule has 0 unspecified atom stereocenters. The van der Waals surface area contributed by atoms with Gasteiger partial charge in [0.2, 0.25) is 0 Å². The normalized spacial score (nSPS) is 12.8. The smallest absolute Gasteiger partial charge is 0.320 e. The van der Waals surface area contributed by atoms with E-state index in [9.17, 15) is 4.79 Å². The van der Waals surface area contributed by atoms with Gasteiger partial charge in [-0.3, -0.25) is 4.79 Å². The summed E-state index contributed by atoms with van der Waals surface area (Å²) in [5.74, 6) is -0.170. The van der Waals surface area contributed by atoms with E-state index in [4.69, 9.17) is 5.11 Å². The summed E-state index contributed by atoms with van der Waals surface area (Å²) in [4.78, 5) is 10.6. The molecule has 0 aromatic rings. The minimum atomic E-state index is -0.778. The van der Waals surface area contributed by atoms with Gasteiger partial charge in [0.1, 0.15) is 6.04 Å². The predicted molar refractivity (Wildman–Crippen MR) is 52.8 cm³/mol. The highest BCUT2D eigenvalue weighted by Gasteiger charge is 2.14. The highest BCUT2D eigenvalue weighted by Crippen LogP contribution is 1.95. The lowest BCUT2D eigenvalue weighted by atomic mass is 10.2. The first-order chi connectivity index (χ1) is 5.72. The first-order valence-electron chi connectivity index (χ1n) is 4.29. The van der Waals surface area contributed by atoms with Crippen LogP contribution in [0.3, 0.4) is 0 Å². The summed E-state index contributed by atoms with van der Waals surface area (Å²) in [7, 11) is 0. The molecule has 0 aliphatic heterocycles. The van der Waals surface area contributed by atoms with Crippen molar-refractivity contribution >= 4 is 18.6 Å². The summed E-state index contributed by atoms with van der Waals surface area (Å²) in [6.07, 6.45) is 2.69. The Morgan fingerprint density at radius 1 is 1.67 bits per heavy atom. The second-order valence-corrected chi connectivity index (χ2v) is 3.16. The van der Waals surface area contributed by atoms with E-state index in [-0.39, 0.29) is 0 Å². The highest BCUT2D eigenvalue weighted by molar-refractivity contribution is 7.80. The number of nitrogens with one attached hydrogen (secondary N) is 1. The van der Waals surface area contributed by atoms with Crippen molar-refractivity contribution in [2.75, 3.05) is 12.3 Å². The fourth-order valence-corrected chi connectivity index (χ4v) is 1.15. The van der Waals surface area contributed by atoms with Crippen LogP contribution in [0.4, 0.5) is 0 Å². The quantitative estimate of drug-likeness (QED) is 0.418. The number of aliphatic carboxylic acids is 1. The molecule has 0 saturated carbocycles. The van der Waals surface area contributed by atoms with Crippen molar-refractivity contribution in [1.29, 1.82) is 0 Å². The molecule has 0 aliphatic rings. The van der Waals surface area contributed by atoms with Crippen molar-refractivity contribution in [2.24, 2.45) is 0 Å². The Kier molecular flexibility index (Phi) is 7.29. The fraction of sp³-hybridized carbons (Fsp3) is 0.875. The van der Waals surface area contributed by atoms with E-state index in [1.165, 1.54) is 0 Å². The summed E-state index contributed by atoms with van der Waals surface area (Å²) >= 11 is 4.00. The van der Waals surface area contributed by atoms with Crippen LogP contribution in [0.1, 0.15) is 26.2 Å². The lowest BCUT2D eigenvalue weighted by Crippen LogP contribution is -2.37. The van der Waals surface area contributed by atoms with Gasteiger partial charge in [-0.1, -0.05) is 13.3 Å². The average Bonchev–Trinajstić information content (AvgIpc) is 2.03. The molecule has 0 radical (unpaired) electrons. The molecular formula is C8H17NO2S. The molecule has 0 aliphatic carbocycles. The molecule has 0 rings (SSSR count).